The van der Waals surface area contributed by atoms with Crippen molar-refractivity contribution in [2.24, 2.45) is 0 Å². The highest BCUT2D eigenvalue weighted by molar-refractivity contribution is 6.45. The second-order valence-corrected chi connectivity index (χ2v) is 6.25. The lowest BCUT2D eigenvalue weighted by Crippen LogP contribution is -2.39. The number of hydrogen-bond donors (Lipinski definition) is 1. The number of anilines is 2. The van der Waals surface area contributed by atoms with Gasteiger partial charge in [-0.25, -0.2) is 9.69 Å². The number of benzene rings is 1. The molecule has 0 atom stereocenters. The first-order chi connectivity index (χ1) is 12.9. The van der Waals surface area contributed by atoms with Crippen LogP contribution in [0.2, 0.25) is 0 Å². The van der Waals surface area contributed by atoms with Crippen LogP contribution in [0.4, 0.5) is 16.2 Å². The number of imide groups is 2. The zero-order valence-corrected chi connectivity index (χ0v) is 16.0. The Morgan fingerprint density at radius 1 is 0.963 bits per heavy atom. The van der Waals surface area contributed by atoms with Gasteiger partial charge < -0.3 is 10.2 Å². The van der Waals surface area contributed by atoms with Gasteiger partial charge in [-0.3, -0.25) is 19.3 Å². The standard InChI is InChI=1S/C19H26N4O4/c1-4-7-12-22-17(25)18(26)23(19(22)27)13-16(24)20-14-8-10-15(11-9-14)21(5-2)6-3/h8-11H,4-7,12-13H2,1-3H3,(H,20,24). The van der Waals surface area contributed by atoms with E-state index >= 15 is 0 Å². The third-order valence-electron chi connectivity index (χ3n) is 4.45. The molecule has 8 nitrogen and oxygen atoms in total. The number of carbonyl (C=O) groups is 4. The lowest BCUT2D eigenvalue weighted by atomic mass is 10.2. The van der Waals surface area contributed by atoms with E-state index in [4.69, 9.17) is 0 Å². The second-order valence-electron chi connectivity index (χ2n) is 6.25. The molecule has 2 rings (SSSR count). The second kappa shape index (κ2) is 9.16. The molecule has 1 N–H and O–H groups in total. The van der Waals surface area contributed by atoms with Gasteiger partial charge in [-0.1, -0.05) is 13.3 Å². The lowest BCUT2D eigenvalue weighted by Gasteiger charge is -2.21. The summed E-state index contributed by atoms with van der Waals surface area (Å²) >= 11 is 0. The van der Waals surface area contributed by atoms with Gasteiger partial charge in [-0.15, -0.1) is 0 Å². The van der Waals surface area contributed by atoms with E-state index in [1.54, 1.807) is 12.1 Å². The Bertz CT molecular complexity index is 713. The Labute approximate surface area is 159 Å². The monoisotopic (exact) mass is 374 g/mol. The fourth-order valence-electron chi connectivity index (χ4n) is 2.89. The molecule has 5 amide bonds. The van der Waals surface area contributed by atoms with Gasteiger partial charge in [0.2, 0.25) is 5.91 Å². The van der Waals surface area contributed by atoms with Crippen molar-refractivity contribution in [3.8, 4) is 0 Å². The van der Waals surface area contributed by atoms with Crippen LogP contribution in [0, 0.1) is 0 Å². The summed E-state index contributed by atoms with van der Waals surface area (Å²) in [6, 6.07) is 6.58. The Balaban J connectivity index is 1.98. The summed E-state index contributed by atoms with van der Waals surface area (Å²) < 4.78 is 0. The molecular weight excluding hydrogens is 348 g/mol. The van der Waals surface area contributed by atoms with Gasteiger partial charge >= 0.3 is 17.8 Å². The minimum atomic E-state index is -0.955. The smallest absolute Gasteiger partial charge is 0.334 e. The molecule has 0 bridgehead atoms. The van der Waals surface area contributed by atoms with Gasteiger partial charge in [0.05, 0.1) is 0 Å². The summed E-state index contributed by atoms with van der Waals surface area (Å²) in [5, 5.41) is 2.65. The van der Waals surface area contributed by atoms with Gasteiger partial charge in [0.1, 0.15) is 6.54 Å². The Morgan fingerprint density at radius 2 is 1.56 bits per heavy atom. The SMILES string of the molecule is CCCCN1C(=O)C(=O)N(CC(=O)Nc2ccc(N(CC)CC)cc2)C1=O. The molecule has 0 unspecified atom stereocenters. The van der Waals surface area contributed by atoms with Crippen molar-refractivity contribution in [1.82, 2.24) is 9.80 Å². The highest BCUT2D eigenvalue weighted by Crippen LogP contribution is 2.18. The number of urea groups is 1. The van der Waals surface area contributed by atoms with Gasteiger partial charge in [0.25, 0.3) is 0 Å². The van der Waals surface area contributed by atoms with Crippen molar-refractivity contribution < 1.29 is 19.2 Å². The summed E-state index contributed by atoms with van der Waals surface area (Å²) in [4.78, 5) is 52.1. The van der Waals surface area contributed by atoms with Crippen LogP contribution in [0.5, 0.6) is 0 Å². The summed E-state index contributed by atoms with van der Waals surface area (Å²) in [5.41, 5.74) is 1.60. The Morgan fingerprint density at radius 3 is 2.11 bits per heavy atom. The maximum atomic E-state index is 12.2. The number of rotatable bonds is 9. The largest absolute Gasteiger partial charge is 0.372 e. The average Bonchev–Trinajstić information content (AvgIpc) is 2.86. The molecule has 1 saturated heterocycles. The molecule has 8 heteroatoms. The van der Waals surface area contributed by atoms with E-state index in [1.807, 2.05) is 19.1 Å². The molecule has 0 spiro atoms. The van der Waals surface area contributed by atoms with Crippen molar-refractivity contribution in [3.05, 3.63) is 24.3 Å². The molecule has 0 radical (unpaired) electrons. The molecule has 1 heterocycles. The van der Waals surface area contributed by atoms with Crippen molar-refractivity contribution in [3.63, 3.8) is 0 Å². The van der Waals surface area contributed by atoms with Crippen molar-refractivity contribution >= 4 is 35.1 Å². The number of carbonyl (C=O) groups excluding carboxylic acids is 4. The van der Waals surface area contributed by atoms with Crippen LogP contribution in [0.3, 0.4) is 0 Å². The molecule has 27 heavy (non-hydrogen) atoms. The van der Waals surface area contributed by atoms with Crippen LogP contribution >= 0.6 is 0 Å². The van der Waals surface area contributed by atoms with Gasteiger partial charge in [-0.2, -0.15) is 0 Å². The molecule has 1 aromatic carbocycles. The first-order valence-corrected chi connectivity index (χ1v) is 9.25. The van der Waals surface area contributed by atoms with Crippen molar-refractivity contribution in [1.29, 1.82) is 0 Å². The van der Waals surface area contributed by atoms with Crippen molar-refractivity contribution in [2.45, 2.75) is 33.6 Å². The lowest BCUT2D eigenvalue weighted by molar-refractivity contribution is -0.143. The first kappa shape index (κ1) is 20.4. The van der Waals surface area contributed by atoms with E-state index in [0.717, 1.165) is 30.1 Å². The quantitative estimate of drug-likeness (QED) is 0.528. The third-order valence-corrected chi connectivity index (χ3v) is 4.45. The number of nitrogens with zero attached hydrogens (tertiary/aromatic N) is 3. The van der Waals surface area contributed by atoms with Crippen LogP contribution in [0.15, 0.2) is 24.3 Å². The highest BCUT2D eigenvalue weighted by Gasteiger charge is 2.44. The van der Waals surface area contributed by atoms with E-state index < -0.39 is 30.3 Å². The van der Waals surface area contributed by atoms with Crippen LogP contribution in [-0.4, -0.2) is 59.7 Å². The molecule has 1 fully saturated rings. The molecular formula is C19H26N4O4. The normalized spacial score (nSPS) is 14.1. The molecule has 0 aromatic heterocycles. The van der Waals surface area contributed by atoms with E-state index in [9.17, 15) is 19.2 Å². The maximum absolute atomic E-state index is 12.2. The topological polar surface area (TPSA) is 90.0 Å². The zero-order chi connectivity index (χ0) is 20.0. The predicted octanol–water partition coefficient (Wildman–Crippen LogP) is 2.06. The molecule has 0 saturated carbocycles. The minimum Gasteiger partial charge on any atom is -0.372 e. The molecule has 1 aliphatic rings. The summed E-state index contributed by atoms with van der Waals surface area (Å²) in [6.45, 7) is 7.51. The third kappa shape index (κ3) is 4.64. The zero-order valence-electron chi connectivity index (χ0n) is 16.0. The molecule has 1 aliphatic heterocycles. The van der Waals surface area contributed by atoms with Crippen LogP contribution in [-0.2, 0) is 14.4 Å². The number of nitrogens with one attached hydrogen (secondary N) is 1. The fourth-order valence-corrected chi connectivity index (χ4v) is 2.89. The van der Waals surface area contributed by atoms with Crippen LogP contribution < -0.4 is 10.2 Å². The number of unbranched alkanes of at least 4 members (excludes halogenated alkanes) is 1. The summed E-state index contributed by atoms with van der Waals surface area (Å²) in [5.74, 6) is -2.36. The highest BCUT2D eigenvalue weighted by atomic mass is 16.2. The van der Waals surface area contributed by atoms with E-state index in [0.29, 0.717) is 17.0 Å². The number of amides is 5. The molecule has 0 aliphatic carbocycles. The maximum Gasteiger partial charge on any atom is 0.334 e. The minimum absolute atomic E-state index is 0.185. The van der Waals surface area contributed by atoms with Gasteiger partial charge in [-0.05, 0) is 44.5 Å². The van der Waals surface area contributed by atoms with Gasteiger partial charge in [0.15, 0.2) is 0 Å². The van der Waals surface area contributed by atoms with E-state index in [2.05, 4.69) is 24.1 Å². The Hall–Kier alpha value is -2.90. The summed E-state index contributed by atoms with van der Waals surface area (Å²) in [7, 11) is 0. The fraction of sp³-hybridized carbons (Fsp3) is 0.474. The Kier molecular flexibility index (Phi) is 6.92. The predicted molar refractivity (Wildman–Crippen MR) is 102 cm³/mol. The molecule has 1 aromatic rings. The van der Waals surface area contributed by atoms with Crippen LogP contribution in [0.25, 0.3) is 0 Å². The van der Waals surface area contributed by atoms with Gasteiger partial charge in [0, 0.05) is 31.0 Å². The van der Waals surface area contributed by atoms with E-state index in [1.165, 1.54) is 0 Å². The van der Waals surface area contributed by atoms with Crippen molar-refractivity contribution in [2.75, 3.05) is 36.4 Å². The number of hydrogen-bond acceptors (Lipinski definition) is 5. The van der Waals surface area contributed by atoms with Crippen LogP contribution in [0.1, 0.15) is 33.6 Å². The first-order valence-electron chi connectivity index (χ1n) is 9.25. The summed E-state index contributed by atoms with van der Waals surface area (Å²) in [6.07, 6.45) is 1.40. The van der Waals surface area contributed by atoms with E-state index in [-0.39, 0.29) is 6.54 Å². The average molecular weight is 374 g/mol. The molecule has 146 valence electrons.